The zero-order valence-electron chi connectivity index (χ0n) is 9.72. The molecule has 0 fully saturated rings. The van der Waals surface area contributed by atoms with Gasteiger partial charge in [-0.3, -0.25) is 0 Å². The largest absolute Gasteiger partial charge is 0.419 e. The third-order valence-corrected chi connectivity index (χ3v) is 1.98. The van der Waals surface area contributed by atoms with Crippen molar-refractivity contribution in [1.29, 1.82) is 0 Å². The van der Waals surface area contributed by atoms with Crippen LogP contribution >= 0.6 is 0 Å². The maximum absolute atomic E-state index is 11.2. The molecule has 0 saturated heterocycles. The van der Waals surface area contributed by atoms with E-state index in [4.69, 9.17) is 9.47 Å². The van der Waals surface area contributed by atoms with Gasteiger partial charge in [0.05, 0.1) is 0 Å². The summed E-state index contributed by atoms with van der Waals surface area (Å²) in [7, 11) is 0. The van der Waals surface area contributed by atoms with Crippen molar-refractivity contribution in [2.45, 2.75) is 0 Å². The summed E-state index contributed by atoms with van der Waals surface area (Å²) < 4.78 is 9.99. The summed E-state index contributed by atoms with van der Waals surface area (Å²) >= 11 is 0. The second kappa shape index (κ2) is 6.20. The lowest BCUT2D eigenvalue weighted by molar-refractivity contribution is -0.131. The van der Waals surface area contributed by atoms with Crippen LogP contribution in [0.1, 0.15) is 5.56 Å². The van der Waals surface area contributed by atoms with Crippen LogP contribution in [0.25, 0.3) is 6.08 Å². The maximum Gasteiger partial charge on any atom is 0.335 e. The molecule has 1 rings (SSSR count). The zero-order valence-corrected chi connectivity index (χ0v) is 9.72. The Labute approximate surface area is 105 Å². The van der Waals surface area contributed by atoms with Crippen LogP contribution in [0, 0.1) is 0 Å². The molecule has 92 valence electrons. The Kier molecular flexibility index (Phi) is 4.63. The van der Waals surface area contributed by atoms with Crippen LogP contribution in [0.5, 0.6) is 11.5 Å². The molecule has 0 unspecified atom stereocenters. The summed E-state index contributed by atoms with van der Waals surface area (Å²) in [5.74, 6) is -1.06. The van der Waals surface area contributed by atoms with Gasteiger partial charge >= 0.3 is 11.9 Å². The molecule has 4 nitrogen and oxygen atoms in total. The lowest BCUT2D eigenvalue weighted by Gasteiger charge is -2.10. The van der Waals surface area contributed by atoms with Crippen LogP contribution in [-0.2, 0) is 9.59 Å². The average Bonchev–Trinajstić information content (AvgIpc) is 2.40. The van der Waals surface area contributed by atoms with Crippen molar-refractivity contribution in [1.82, 2.24) is 0 Å². The van der Waals surface area contributed by atoms with Gasteiger partial charge in [-0.05, 0) is 6.07 Å². The van der Waals surface area contributed by atoms with E-state index in [0.29, 0.717) is 5.56 Å². The third-order valence-electron chi connectivity index (χ3n) is 1.98. The van der Waals surface area contributed by atoms with E-state index in [1.807, 2.05) is 0 Å². The molecule has 0 aliphatic rings. The molecular formula is C14H12O4. The van der Waals surface area contributed by atoms with Crippen LogP contribution in [0.2, 0.25) is 0 Å². The zero-order chi connectivity index (χ0) is 13.5. The van der Waals surface area contributed by atoms with Crippen LogP contribution in [-0.4, -0.2) is 11.9 Å². The first-order valence-electron chi connectivity index (χ1n) is 5.06. The highest BCUT2D eigenvalue weighted by Gasteiger charge is 2.14. The van der Waals surface area contributed by atoms with Gasteiger partial charge in [0.15, 0.2) is 11.5 Å². The van der Waals surface area contributed by atoms with Gasteiger partial charge in [0.25, 0.3) is 0 Å². The van der Waals surface area contributed by atoms with Gasteiger partial charge in [-0.2, -0.15) is 0 Å². The predicted octanol–water partition coefficient (Wildman–Crippen LogP) is 2.51. The lowest BCUT2D eigenvalue weighted by Crippen LogP contribution is -2.09. The Hall–Kier alpha value is -2.62. The number of para-hydroxylation sites is 1. The molecule has 4 heteroatoms. The Morgan fingerprint density at radius 1 is 1.00 bits per heavy atom. The molecule has 0 aliphatic heterocycles. The number of ether oxygens (including phenoxy) is 2. The van der Waals surface area contributed by atoms with E-state index in [9.17, 15) is 9.59 Å². The molecule has 0 atom stereocenters. The molecule has 0 aliphatic carbocycles. The maximum atomic E-state index is 11.2. The summed E-state index contributed by atoms with van der Waals surface area (Å²) in [5, 5.41) is 0. The molecular weight excluding hydrogens is 232 g/mol. The summed E-state index contributed by atoms with van der Waals surface area (Å²) in [6.45, 7) is 10.2. The molecule has 1 aromatic carbocycles. The molecule has 0 saturated carbocycles. The number of carbonyl (C=O) groups is 2. The first kappa shape index (κ1) is 13.4. The van der Waals surface area contributed by atoms with Gasteiger partial charge in [0.2, 0.25) is 0 Å². The molecule has 1 aromatic rings. The molecule has 0 aromatic heterocycles. The van der Waals surface area contributed by atoms with Gasteiger partial charge < -0.3 is 9.47 Å². The van der Waals surface area contributed by atoms with Crippen molar-refractivity contribution < 1.29 is 19.1 Å². The molecule has 0 N–H and O–H groups in total. The summed E-state index contributed by atoms with van der Waals surface area (Å²) in [6, 6.07) is 4.82. The average molecular weight is 244 g/mol. The number of rotatable bonds is 5. The number of hydrogen-bond donors (Lipinski definition) is 0. The van der Waals surface area contributed by atoms with Gasteiger partial charge in [-0.1, -0.05) is 37.9 Å². The van der Waals surface area contributed by atoms with E-state index in [-0.39, 0.29) is 11.5 Å². The van der Waals surface area contributed by atoms with Crippen molar-refractivity contribution in [3.8, 4) is 11.5 Å². The van der Waals surface area contributed by atoms with Gasteiger partial charge in [0.1, 0.15) is 0 Å². The van der Waals surface area contributed by atoms with E-state index >= 15 is 0 Å². The fraction of sp³-hybridized carbons (Fsp3) is 0. The Balaban J connectivity index is 3.19. The first-order chi connectivity index (χ1) is 8.62. The van der Waals surface area contributed by atoms with Gasteiger partial charge in [0, 0.05) is 17.7 Å². The van der Waals surface area contributed by atoms with Crippen molar-refractivity contribution in [3.63, 3.8) is 0 Å². The number of hydrogen-bond acceptors (Lipinski definition) is 4. The van der Waals surface area contributed by atoms with Crippen molar-refractivity contribution in [3.05, 3.63) is 55.7 Å². The van der Waals surface area contributed by atoms with E-state index in [1.165, 1.54) is 12.1 Å². The number of benzene rings is 1. The molecule has 0 radical (unpaired) electrons. The quantitative estimate of drug-likeness (QED) is 0.453. The van der Waals surface area contributed by atoms with Crippen LogP contribution < -0.4 is 9.47 Å². The van der Waals surface area contributed by atoms with Crippen LogP contribution in [0.4, 0.5) is 0 Å². The fourth-order valence-corrected chi connectivity index (χ4v) is 1.18. The molecule has 0 bridgehead atoms. The Morgan fingerprint density at radius 2 is 1.61 bits per heavy atom. The van der Waals surface area contributed by atoms with Gasteiger partial charge in [-0.25, -0.2) is 9.59 Å². The van der Waals surface area contributed by atoms with Crippen molar-refractivity contribution in [2.75, 3.05) is 0 Å². The highest BCUT2D eigenvalue weighted by molar-refractivity contribution is 5.87. The summed E-state index contributed by atoms with van der Waals surface area (Å²) in [6.07, 6.45) is 3.51. The van der Waals surface area contributed by atoms with E-state index in [2.05, 4.69) is 19.7 Å². The van der Waals surface area contributed by atoms with Crippen molar-refractivity contribution in [2.24, 2.45) is 0 Å². The van der Waals surface area contributed by atoms with E-state index in [0.717, 1.165) is 12.2 Å². The van der Waals surface area contributed by atoms with Crippen molar-refractivity contribution >= 4 is 18.0 Å². The number of carbonyl (C=O) groups excluding carboxylic acids is 2. The van der Waals surface area contributed by atoms with E-state index < -0.39 is 11.9 Å². The first-order valence-corrected chi connectivity index (χ1v) is 5.06. The predicted molar refractivity (Wildman–Crippen MR) is 68.2 cm³/mol. The minimum atomic E-state index is -0.653. The van der Waals surface area contributed by atoms with Crippen LogP contribution in [0.3, 0.4) is 0 Å². The fourth-order valence-electron chi connectivity index (χ4n) is 1.18. The minimum absolute atomic E-state index is 0.118. The minimum Gasteiger partial charge on any atom is -0.419 e. The monoisotopic (exact) mass is 244 g/mol. The Bertz CT molecular complexity index is 515. The molecule has 0 heterocycles. The number of esters is 2. The third kappa shape index (κ3) is 3.18. The van der Waals surface area contributed by atoms with Crippen LogP contribution in [0.15, 0.2) is 50.1 Å². The van der Waals surface area contributed by atoms with Gasteiger partial charge in [-0.15, -0.1) is 0 Å². The normalized spacial score (nSPS) is 9.11. The molecule has 18 heavy (non-hydrogen) atoms. The molecule has 0 spiro atoms. The second-order valence-corrected chi connectivity index (χ2v) is 3.13. The summed E-state index contributed by atoms with van der Waals surface area (Å²) in [4.78, 5) is 22.4. The smallest absolute Gasteiger partial charge is 0.335 e. The Morgan fingerprint density at radius 3 is 2.17 bits per heavy atom. The standard InChI is InChI=1S/C14H12O4/c1-4-10-8-7-9-11(17-12(15)5-2)14(10)18-13(16)6-3/h4-9H,1-3H2. The SMILES string of the molecule is C=CC(=O)Oc1cccc(C=C)c1OC(=O)C=C. The molecule has 0 amide bonds. The summed E-state index contributed by atoms with van der Waals surface area (Å²) in [5.41, 5.74) is 0.527. The lowest BCUT2D eigenvalue weighted by atomic mass is 10.2. The highest BCUT2D eigenvalue weighted by Crippen LogP contribution is 2.32. The second-order valence-electron chi connectivity index (χ2n) is 3.13. The highest BCUT2D eigenvalue weighted by atomic mass is 16.6. The van der Waals surface area contributed by atoms with E-state index in [1.54, 1.807) is 12.1 Å². The topological polar surface area (TPSA) is 52.6 Å².